The Kier molecular flexibility index (Phi) is 8.26. The third kappa shape index (κ3) is 5.69. The Morgan fingerprint density at radius 3 is 2.39 bits per heavy atom. The first-order valence-electron chi connectivity index (χ1n) is 13.0. The zero-order valence-electron chi connectivity index (χ0n) is 21.8. The Bertz CT molecular complexity index is 1380. The van der Waals surface area contributed by atoms with E-state index in [2.05, 4.69) is 41.4 Å². The quantitative estimate of drug-likeness (QED) is 0.194. The Hall–Kier alpha value is -3.81. The van der Waals surface area contributed by atoms with Crippen LogP contribution < -0.4 is 4.74 Å². The number of fused-ring (bicyclic) bond motifs is 1. The molecule has 0 aliphatic carbocycles. The molecule has 0 spiro atoms. The number of carbonyl (C=O) groups excluding carboxylic acids is 1. The molecular weight excluding hydrogens is 480 g/mol. The van der Waals surface area contributed by atoms with Crippen LogP contribution in [0.2, 0.25) is 0 Å². The lowest BCUT2D eigenvalue weighted by Gasteiger charge is -2.22. The van der Waals surface area contributed by atoms with E-state index < -0.39 is 5.97 Å². The fourth-order valence-corrected chi connectivity index (χ4v) is 4.81. The summed E-state index contributed by atoms with van der Waals surface area (Å²) in [5, 5.41) is 0.588. The van der Waals surface area contributed by atoms with E-state index in [9.17, 15) is 4.79 Å². The zero-order valence-corrected chi connectivity index (χ0v) is 21.8. The highest BCUT2D eigenvalue weighted by Crippen LogP contribution is 2.37. The van der Waals surface area contributed by atoms with Crippen molar-refractivity contribution >= 4 is 16.9 Å². The largest absolute Gasteiger partial charge is 0.494 e. The zero-order chi connectivity index (χ0) is 26.3. The number of nitrogens with zero attached hydrogens (tertiary/aromatic N) is 2. The molecule has 3 heterocycles. The number of esters is 1. The molecule has 1 atom stereocenters. The van der Waals surface area contributed by atoms with Crippen LogP contribution in [0.1, 0.15) is 41.6 Å². The molecular formula is C31H32N2O5. The molecule has 1 aliphatic heterocycles. The van der Waals surface area contributed by atoms with E-state index in [-0.39, 0.29) is 6.29 Å². The van der Waals surface area contributed by atoms with E-state index in [1.807, 2.05) is 12.1 Å². The van der Waals surface area contributed by atoms with Gasteiger partial charge in [-0.1, -0.05) is 48.5 Å². The standard InChI is InChI=1S/C31H32N2O5/c1-35-30-28(31(34)36-2)25-20-32-17-16-26(25)33-29(30)24-14-12-23(13-15-24)22-10-8-21(9-11-22)6-5-19-38-27-7-3-4-18-37-27/h8-17,20,27H,3-7,18-19H2,1-2H3. The summed E-state index contributed by atoms with van der Waals surface area (Å²) in [5.41, 5.74) is 5.89. The SMILES string of the molecule is COC(=O)c1c(OC)c(-c2ccc(-c3ccc(CCCOC4CCCCO4)cc3)cc2)nc2ccncc12. The van der Waals surface area contributed by atoms with Gasteiger partial charge in [0, 0.05) is 30.0 Å². The van der Waals surface area contributed by atoms with Gasteiger partial charge in [-0.3, -0.25) is 4.98 Å². The van der Waals surface area contributed by atoms with Gasteiger partial charge in [0.1, 0.15) is 11.3 Å². The van der Waals surface area contributed by atoms with Crippen LogP contribution in [0.15, 0.2) is 67.0 Å². The number of ether oxygens (including phenoxy) is 4. The third-order valence-corrected chi connectivity index (χ3v) is 6.83. The topological polar surface area (TPSA) is 79.8 Å². The van der Waals surface area contributed by atoms with E-state index in [1.165, 1.54) is 26.2 Å². The predicted molar refractivity (Wildman–Crippen MR) is 146 cm³/mol. The molecule has 1 aliphatic rings. The van der Waals surface area contributed by atoms with Crippen LogP contribution in [0.3, 0.4) is 0 Å². The van der Waals surface area contributed by atoms with Crippen molar-refractivity contribution in [2.75, 3.05) is 27.4 Å². The van der Waals surface area contributed by atoms with Crippen molar-refractivity contribution in [3.63, 3.8) is 0 Å². The minimum absolute atomic E-state index is 0.0251. The molecule has 38 heavy (non-hydrogen) atoms. The van der Waals surface area contributed by atoms with Gasteiger partial charge in [0.25, 0.3) is 0 Å². The second-order valence-electron chi connectivity index (χ2n) is 9.30. The van der Waals surface area contributed by atoms with Crippen molar-refractivity contribution in [1.82, 2.24) is 9.97 Å². The second kappa shape index (κ2) is 12.2. The molecule has 0 radical (unpaired) electrons. The number of pyridine rings is 2. The van der Waals surface area contributed by atoms with Gasteiger partial charge in [-0.25, -0.2) is 9.78 Å². The van der Waals surface area contributed by atoms with Gasteiger partial charge in [0.2, 0.25) is 0 Å². The van der Waals surface area contributed by atoms with Crippen LogP contribution >= 0.6 is 0 Å². The molecule has 196 valence electrons. The summed E-state index contributed by atoms with van der Waals surface area (Å²) >= 11 is 0. The van der Waals surface area contributed by atoms with Crippen LogP contribution in [0, 0.1) is 0 Å². The molecule has 7 nitrogen and oxygen atoms in total. The summed E-state index contributed by atoms with van der Waals surface area (Å²) in [6, 6.07) is 18.5. The smallest absolute Gasteiger partial charge is 0.342 e. The van der Waals surface area contributed by atoms with Gasteiger partial charge in [0.05, 0.1) is 26.3 Å². The first-order chi connectivity index (χ1) is 18.7. The highest BCUT2D eigenvalue weighted by atomic mass is 16.7. The molecule has 1 saturated heterocycles. The van der Waals surface area contributed by atoms with E-state index in [4.69, 9.17) is 23.9 Å². The van der Waals surface area contributed by atoms with Crippen molar-refractivity contribution in [2.24, 2.45) is 0 Å². The number of rotatable bonds is 9. The van der Waals surface area contributed by atoms with Crippen LogP contribution in [-0.4, -0.2) is 49.7 Å². The average Bonchev–Trinajstić information content (AvgIpc) is 2.99. The first kappa shape index (κ1) is 25.8. The molecule has 1 unspecified atom stereocenters. The van der Waals surface area contributed by atoms with Gasteiger partial charge < -0.3 is 18.9 Å². The lowest BCUT2D eigenvalue weighted by atomic mass is 9.99. The average molecular weight is 513 g/mol. The highest BCUT2D eigenvalue weighted by Gasteiger charge is 2.23. The highest BCUT2D eigenvalue weighted by molar-refractivity contribution is 6.07. The third-order valence-electron chi connectivity index (χ3n) is 6.83. The van der Waals surface area contributed by atoms with Crippen LogP contribution in [0.4, 0.5) is 0 Å². The molecule has 7 heteroatoms. The van der Waals surface area contributed by atoms with Gasteiger partial charge in [-0.05, 0) is 54.9 Å². The summed E-state index contributed by atoms with van der Waals surface area (Å²) in [6.07, 6.45) is 8.49. The Labute approximate surface area is 222 Å². The predicted octanol–water partition coefficient (Wildman–Crippen LogP) is 6.23. The maximum Gasteiger partial charge on any atom is 0.342 e. The van der Waals surface area contributed by atoms with E-state index >= 15 is 0 Å². The number of hydrogen-bond donors (Lipinski definition) is 0. The minimum Gasteiger partial charge on any atom is -0.494 e. The second-order valence-corrected chi connectivity index (χ2v) is 9.30. The van der Waals surface area contributed by atoms with Gasteiger partial charge in [-0.15, -0.1) is 0 Å². The maximum absolute atomic E-state index is 12.6. The Morgan fingerprint density at radius 2 is 1.71 bits per heavy atom. The molecule has 1 fully saturated rings. The van der Waals surface area contributed by atoms with Crippen LogP contribution in [-0.2, 0) is 20.6 Å². The van der Waals surface area contributed by atoms with Crippen LogP contribution in [0.25, 0.3) is 33.3 Å². The summed E-state index contributed by atoms with van der Waals surface area (Å²) < 4.78 is 22.2. The van der Waals surface area contributed by atoms with E-state index in [0.717, 1.165) is 49.0 Å². The summed E-state index contributed by atoms with van der Waals surface area (Å²) in [6.45, 7) is 1.53. The molecule has 0 bridgehead atoms. The van der Waals surface area contributed by atoms with Crippen molar-refractivity contribution < 1.29 is 23.7 Å². The van der Waals surface area contributed by atoms with Crippen molar-refractivity contribution in [3.05, 3.63) is 78.1 Å². The number of hydrogen-bond acceptors (Lipinski definition) is 7. The first-order valence-corrected chi connectivity index (χ1v) is 13.0. The van der Waals surface area contributed by atoms with Crippen molar-refractivity contribution in [3.8, 4) is 28.1 Å². The maximum atomic E-state index is 12.6. The lowest BCUT2D eigenvalue weighted by Crippen LogP contribution is -2.22. The number of aromatic nitrogens is 2. The van der Waals surface area contributed by atoms with Crippen LogP contribution in [0.5, 0.6) is 5.75 Å². The number of carbonyl (C=O) groups is 1. The molecule has 0 N–H and O–H groups in total. The fraction of sp³-hybridized carbons (Fsp3) is 0.323. The van der Waals surface area contributed by atoms with E-state index in [0.29, 0.717) is 34.5 Å². The normalized spacial score (nSPS) is 15.4. The molecule has 2 aromatic heterocycles. The number of methoxy groups -OCH3 is 2. The monoisotopic (exact) mass is 512 g/mol. The van der Waals surface area contributed by atoms with Crippen molar-refractivity contribution in [1.29, 1.82) is 0 Å². The number of benzene rings is 2. The summed E-state index contributed by atoms with van der Waals surface area (Å²) in [7, 11) is 2.88. The minimum atomic E-state index is -0.492. The fourth-order valence-electron chi connectivity index (χ4n) is 4.81. The Balaban J connectivity index is 1.30. The summed E-state index contributed by atoms with van der Waals surface area (Å²) in [4.78, 5) is 21.6. The number of aryl methyl sites for hydroxylation is 1. The molecule has 5 rings (SSSR count). The Morgan fingerprint density at radius 1 is 0.974 bits per heavy atom. The lowest BCUT2D eigenvalue weighted by molar-refractivity contribution is -0.162. The van der Waals surface area contributed by atoms with E-state index in [1.54, 1.807) is 18.5 Å². The van der Waals surface area contributed by atoms with Gasteiger partial charge in [-0.2, -0.15) is 0 Å². The molecule has 2 aromatic carbocycles. The molecule has 0 saturated carbocycles. The van der Waals surface area contributed by atoms with Crippen molar-refractivity contribution in [2.45, 2.75) is 38.4 Å². The molecule has 4 aromatic rings. The molecule has 0 amide bonds. The summed E-state index contributed by atoms with van der Waals surface area (Å²) in [5.74, 6) is -0.123. The van der Waals surface area contributed by atoms with Gasteiger partial charge >= 0.3 is 5.97 Å². The van der Waals surface area contributed by atoms with Gasteiger partial charge in [0.15, 0.2) is 12.0 Å².